The Labute approximate surface area is 149 Å². The van der Waals surface area contributed by atoms with E-state index >= 15 is 0 Å². The van der Waals surface area contributed by atoms with Crippen LogP contribution in [-0.4, -0.2) is 72.9 Å². The number of hydrogen-bond donors (Lipinski definition) is 1. The van der Waals surface area contributed by atoms with Gasteiger partial charge in [0.1, 0.15) is 5.52 Å². The van der Waals surface area contributed by atoms with Crippen LogP contribution in [0.5, 0.6) is 0 Å². The molecule has 2 atom stereocenters. The van der Waals surface area contributed by atoms with Gasteiger partial charge in [-0.15, -0.1) is 0 Å². The highest BCUT2D eigenvalue weighted by atomic mass is 16.5. The molecule has 0 amide bonds. The summed E-state index contributed by atoms with van der Waals surface area (Å²) < 4.78 is 6.24. The molecule has 1 N–H and O–H groups in total. The maximum absolute atomic E-state index is 6.24. The summed E-state index contributed by atoms with van der Waals surface area (Å²) in [5.41, 5.74) is 4.34. The zero-order valence-electron chi connectivity index (χ0n) is 15.1. The second-order valence-electron chi connectivity index (χ2n) is 7.18. The fraction of sp³-hybridized carbons (Fsp3) is 0.579. The fourth-order valence-corrected chi connectivity index (χ4v) is 3.96. The molecule has 1 aromatic carbocycles. The number of fused-ring (bicyclic) bond motifs is 1. The Bertz CT molecular complexity index is 731. The quantitative estimate of drug-likeness (QED) is 0.912. The molecule has 6 nitrogen and oxygen atoms in total. The molecule has 2 aliphatic rings. The lowest BCUT2D eigenvalue weighted by Crippen LogP contribution is -2.53. The van der Waals surface area contributed by atoms with E-state index in [9.17, 15) is 0 Å². The molecule has 2 aliphatic heterocycles. The van der Waals surface area contributed by atoms with E-state index in [4.69, 9.17) is 4.74 Å². The standard InChI is InChI=1S/C19H27N5O/c1-14-3-4-17(19-18(14)21-5-6-22-19)24-11-15(2)25-16(13-24)12-23-9-7-20-8-10-23/h3-6,15-16,20H,7-13H2,1-2H3/t15-,16+/m1/s1. The SMILES string of the molecule is Cc1ccc(N2C[C@H](CN3CCNCC3)O[C@H](C)C2)c2nccnc12. The van der Waals surface area contributed by atoms with E-state index in [1.165, 1.54) is 11.3 Å². The maximum Gasteiger partial charge on any atom is 0.112 e. The van der Waals surface area contributed by atoms with E-state index in [0.717, 1.165) is 56.8 Å². The Hall–Kier alpha value is -1.76. The molecule has 2 aromatic rings. The van der Waals surface area contributed by atoms with Crippen molar-refractivity contribution < 1.29 is 4.74 Å². The monoisotopic (exact) mass is 341 g/mol. The van der Waals surface area contributed by atoms with Crippen LogP contribution in [0.2, 0.25) is 0 Å². The molecule has 2 fully saturated rings. The third-order valence-electron chi connectivity index (χ3n) is 5.14. The Balaban J connectivity index is 1.56. The summed E-state index contributed by atoms with van der Waals surface area (Å²) in [6.45, 7) is 11.4. The molecule has 0 spiro atoms. The normalized spacial score (nSPS) is 25.4. The first-order valence-electron chi connectivity index (χ1n) is 9.24. The van der Waals surface area contributed by atoms with Crippen molar-refractivity contribution in [1.82, 2.24) is 20.2 Å². The molecule has 0 bridgehead atoms. The number of aromatic nitrogens is 2. The number of anilines is 1. The van der Waals surface area contributed by atoms with Crippen LogP contribution in [-0.2, 0) is 4.74 Å². The number of rotatable bonds is 3. The second-order valence-corrected chi connectivity index (χ2v) is 7.18. The number of morpholine rings is 1. The first kappa shape index (κ1) is 16.7. The van der Waals surface area contributed by atoms with Gasteiger partial charge in [0.15, 0.2) is 0 Å². The van der Waals surface area contributed by atoms with Gasteiger partial charge in [-0.2, -0.15) is 0 Å². The van der Waals surface area contributed by atoms with E-state index in [1.54, 1.807) is 12.4 Å². The number of benzene rings is 1. The highest BCUT2D eigenvalue weighted by Gasteiger charge is 2.28. The van der Waals surface area contributed by atoms with Crippen LogP contribution >= 0.6 is 0 Å². The third kappa shape index (κ3) is 3.61. The Morgan fingerprint density at radius 3 is 2.68 bits per heavy atom. The number of nitrogens with one attached hydrogen (secondary N) is 1. The first-order chi connectivity index (χ1) is 12.2. The molecule has 6 heteroatoms. The summed E-state index contributed by atoms with van der Waals surface area (Å²) in [7, 11) is 0. The van der Waals surface area contributed by atoms with E-state index in [0.29, 0.717) is 0 Å². The molecular formula is C19H27N5O. The minimum absolute atomic E-state index is 0.217. The summed E-state index contributed by atoms with van der Waals surface area (Å²) in [5, 5.41) is 3.41. The Morgan fingerprint density at radius 1 is 1.12 bits per heavy atom. The zero-order chi connectivity index (χ0) is 17.2. The van der Waals surface area contributed by atoms with Gasteiger partial charge in [-0.25, -0.2) is 0 Å². The van der Waals surface area contributed by atoms with Crippen LogP contribution in [0.4, 0.5) is 5.69 Å². The van der Waals surface area contributed by atoms with Crippen molar-refractivity contribution >= 4 is 16.7 Å². The lowest BCUT2D eigenvalue weighted by molar-refractivity contribution is -0.0334. The van der Waals surface area contributed by atoms with Gasteiger partial charge < -0.3 is 15.0 Å². The van der Waals surface area contributed by atoms with E-state index in [-0.39, 0.29) is 12.2 Å². The van der Waals surface area contributed by atoms with E-state index in [1.807, 2.05) is 0 Å². The summed E-state index contributed by atoms with van der Waals surface area (Å²) in [4.78, 5) is 14.1. The topological polar surface area (TPSA) is 53.5 Å². The van der Waals surface area contributed by atoms with Gasteiger partial charge in [-0.05, 0) is 25.5 Å². The molecule has 2 saturated heterocycles. The number of piperazine rings is 1. The van der Waals surface area contributed by atoms with Gasteiger partial charge in [0.2, 0.25) is 0 Å². The molecule has 0 saturated carbocycles. The molecule has 134 valence electrons. The van der Waals surface area contributed by atoms with Crippen molar-refractivity contribution in [2.24, 2.45) is 0 Å². The molecule has 3 heterocycles. The third-order valence-corrected chi connectivity index (χ3v) is 5.14. The van der Waals surface area contributed by atoms with Crippen molar-refractivity contribution in [1.29, 1.82) is 0 Å². The lowest BCUT2D eigenvalue weighted by Gasteiger charge is -2.41. The summed E-state index contributed by atoms with van der Waals surface area (Å²) in [5.74, 6) is 0. The van der Waals surface area contributed by atoms with Crippen molar-refractivity contribution in [2.45, 2.75) is 26.1 Å². The average Bonchev–Trinajstić information content (AvgIpc) is 2.63. The average molecular weight is 341 g/mol. The summed E-state index contributed by atoms with van der Waals surface area (Å²) in [6.07, 6.45) is 4.01. The highest BCUT2D eigenvalue weighted by molar-refractivity contribution is 5.90. The molecule has 25 heavy (non-hydrogen) atoms. The van der Waals surface area contributed by atoms with E-state index < -0.39 is 0 Å². The van der Waals surface area contributed by atoms with Crippen molar-refractivity contribution in [3.05, 3.63) is 30.1 Å². The van der Waals surface area contributed by atoms with Crippen LogP contribution in [0.25, 0.3) is 11.0 Å². The molecule has 1 aromatic heterocycles. The molecule has 0 radical (unpaired) electrons. The van der Waals surface area contributed by atoms with Crippen molar-refractivity contribution in [3.8, 4) is 0 Å². The van der Waals surface area contributed by atoms with Crippen LogP contribution in [0, 0.1) is 6.92 Å². The summed E-state index contributed by atoms with van der Waals surface area (Å²) >= 11 is 0. The van der Waals surface area contributed by atoms with Gasteiger partial charge in [0.05, 0.1) is 23.4 Å². The van der Waals surface area contributed by atoms with Gasteiger partial charge in [-0.3, -0.25) is 14.9 Å². The highest BCUT2D eigenvalue weighted by Crippen LogP contribution is 2.28. The summed E-state index contributed by atoms with van der Waals surface area (Å²) in [6, 6.07) is 4.34. The Kier molecular flexibility index (Phi) is 4.83. The van der Waals surface area contributed by atoms with Crippen molar-refractivity contribution in [3.63, 3.8) is 0 Å². The smallest absolute Gasteiger partial charge is 0.112 e. The molecule has 0 aliphatic carbocycles. The predicted molar refractivity (Wildman–Crippen MR) is 100 cm³/mol. The number of aryl methyl sites for hydroxylation is 1. The minimum Gasteiger partial charge on any atom is -0.370 e. The van der Waals surface area contributed by atoms with Gasteiger partial charge in [0, 0.05) is 58.2 Å². The first-order valence-corrected chi connectivity index (χ1v) is 9.24. The van der Waals surface area contributed by atoms with Crippen LogP contribution in [0.1, 0.15) is 12.5 Å². The van der Waals surface area contributed by atoms with Gasteiger partial charge >= 0.3 is 0 Å². The minimum atomic E-state index is 0.217. The van der Waals surface area contributed by atoms with Crippen LogP contribution in [0.15, 0.2) is 24.5 Å². The van der Waals surface area contributed by atoms with Crippen LogP contribution in [0.3, 0.4) is 0 Å². The number of hydrogen-bond acceptors (Lipinski definition) is 6. The zero-order valence-corrected chi connectivity index (χ0v) is 15.1. The van der Waals surface area contributed by atoms with Gasteiger partial charge in [-0.1, -0.05) is 6.07 Å². The molecule has 4 rings (SSSR count). The molecular weight excluding hydrogens is 314 g/mol. The van der Waals surface area contributed by atoms with Crippen LogP contribution < -0.4 is 10.2 Å². The largest absolute Gasteiger partial charge is 0.370 e. The van der Waals surface area contributed by atoms with E-state index in [2.05, 4.69) is 51.1 Å². The second kappa shape index (κ2) is 7.23. The molecule has 0 unspecified atom stereocenters. The fourth-order valence-electron chi connectivity index (χ4n) is 3.96. The predicted octanol–water partition coefficient (Wildman–Crippen LogP) is 1.44. The lowest BCUT2D eigenvalue weighted by atomic mass is 10.1. The maximum atomic E-state index is 6.24. The Morgan fingerprint density at radius 2 is 1.88 bits per heavy atom. The van der Waals surface area contributed by atoms with Gasteiger partial charge in [0.25, 0.3) is 0 Å². The number of ether oxygens (including phenoxy) is 1. The van der Waals surface area contributed by atoms with Crippen molar-refractivity contribution in [2.75, 3.05) is 50.7 Å². The number of nitrogens with zero attached hydrogens (tertiary/aromatic N) is 4.